The Labute approximate surface area is 199 Å². The minimum Gasteiger partial charge on any atom is -0.497 e. The summed E-state index contributed by atoms with van der Waals surface area (Å²) in [5.74, 6) is 0.958. The maximum absolute atomic E-state index is 12.4. The van der Waals surface area contributed by atoms with Crippen molar-refractivity contribution in [2.75, 3.05) is 23.5 Å². The largest absolute Gasteiger partial charge is 0.497 e. The van der Waals surface area contributed by atoms with E-state index in [0.717, 1.165) is 21.3 Å². The molecule has 0 fully saturated rings. The van der Waals surface area contributed by atoms with Crippen molar-refractivity contribution in [1.82, 2.24) is 14.8 Å². The molecular formula is C22H24BrN5O3S. The maximum Gasteiger partial charge on any atom is 0.234 e. The van der Waals surface area contributed by atoms with Crippen molar-refractivity contribution < 1.29 is 14.3 Å². The Morgan fingerprint density at radius 2 is 1.84 bits per heavy atom. The number of amides is 2. The van der Waals surface area contributed by atoms with Crippen LogP contribution in [0.25, 0.3) is 0 Å². The van der Waals surface area contributed by atoms with Gasteiger partial charge in [-0.1, -0.05) is 17.8 Å². The van der Waals surface area contributed by atoms with Crippen LogP contribution < -0.4 is 15.4 Å². The highest BCUT2D eigenvalue weighted by Gasteiger charge is 2.15. The first-order valence-electron chi connectivity index (χ1n) is 9.78. The van der Waals surface area contributed by atoms with Crippen LogP contribution in [-0.4, -0.2) is 39.4 Å². The first-order valence-corrected chi connectivity index (χ1v) is 11.6. The van der Waals surface area contributed by atoms with Crippen LogP contribution in [0.4, 0.5) is 11.4 Å². The van der Waals surface area contributed by atoms with Gasteiger partial charge in [0.15, 0.2) is 5.16 Å². The fourth-order valence-corrected chi connectivity index (χ4v) is 4.15. The zero-order chi connectivity index (χ0) is 23.3. The van der Waals surface area contributed by atoms with Gasteiger partial charge < -0.3 is 19.9 Å². The van der Waals surface area contributed by atoms with Crippen molar-refractivity contribution in [3.63, 3.8) is 0 Å². The highest BCUT2D eigenvalue weighted by molar-refractivity contribution is 9.10. The number of methoxy groups -OCH3 is 1. The zero-order valence-electron chi connectivity index (χ0n) is 18.2. The molecule has 0 radical (unpaired) electrons. The van der Waals surface area contributed by atoms with Gasteiger partial charge in [0.2, 0.25) is 11.8 Å². The molecule has 0 atom stereocenters. The molecule has 3 rings (SSSR count). The van der Waals surface area contributed by atoms with Gasteiger partial charge in [0.05, 0.1) is 25.0 Å². The number of nitrogens with one attached hydrogen (secondary N) is 2. The van der Waals surface area contributed by atoms with Gasteiger partial charge >= 0.3 is 0 Å². The molecule has 1 aromatic heterocycles. The molecule has 0 saturated carbocycles. The molecule has 2 N–H and O–H groups in total. The number of rotatable bonds is 8. The topological polar surface area (TPSA) is 98.1 Å². The lowest BCUT2D eigenvalue weighted by Gasteiger charge is -2.10. The number of halogens is 1. The number of carbonyl (C=O) groups excluding carboxylic acids is 2. The van der Waals surface area contributed by atoms with Crippen molar-refractivity contribution in [3.05, 3.63) is 57.8 Å². The van der Waals surface area contributed by atoms with E-state index in [9.17, 15) is 9.59 Å². The zero-order valence-corrected chi connectivity index (χ0v) is 20.6. The summed E-state index contributed by atoms with van der Waals surface area (Å²) in [4.78, 5) is 24.8. The van der Waals surface area contributed by atoms with E-state index in [1.54, 1.807) is 43.0 Å². The minimum atomic E-state index is -0.220. The molecule has 3 aromatic rings. The number of nitrogens with zero attached hydrogens (tertiary/aromatic N) is 3. The molecule has 10 heteroatoms. The smallest absolute Gasteiger partial charge is 0.234 e. The van der Waals surface area contributed by atoms with E-state index in [1.807, 2.05) is 26.0 Å². The number of aromatic nitrogens is 3. The molecule has 168 valence electrons. The highest BCUT2D eigenvalue weighted by Crippen LogP contribution is 2.26. The predicted octanol–water partition coefficient (Wildman–Crippen LogP) is 4.12. The Morgan fingerprint density at radius 1 is 1.09 bits per heavy atom. The van der Waals surface area contributed by atoms with E-state index in [0.29, 0.717) is 22.4 Å². The SMILES string of the molecule is COc1cccc(NC(=O)Cc2nnc(SCC(=O)Nc3cc(C)c(C)cc3Br)n2C)c1. The fourth-order valence-electron chi connectivity index (χ4n) is 2.87. The summed E-state index contributed by atoms with van der Waals surface area (Å²) in [7, 11) is 3.34. The van der Waals surface area contributed by atoms with E-state index in [-0.39, 0.29) is 24.0 Å². The number of aryl methyl sites for hydroxylation is 2. The Kier molecular flexibility index (Phi) is 7.92. The lowest BCUT2D eigenvalue weighted by atomic mass is 10.1. The number of anilines is 2. The van der Waals surface area contributed by atoms with Gasteiger partial charge in [0.25, 0.3) is 0 Å². The summed E-state index contributed by atoms with van der Waals surface area (Å²) in [5, 5.41) is 14.5. The molecule has 0 bridgehead atoms. The van der Waals surface area contributed by atoms with Crippen LogP contribution in [0.1, 0.15) is 17.0 Å². The predicted molar refractivity (Wildman–Crippen MR) is 129 cm³/mol. The minimum absolute atomic E-state index is 0.0586. The molecule has 1 heterocycles. The molecule has 0 aliphatic rings. The Morgan fingerprint density at radius 3 is 2.59 bits per heavy atom. The number of hydrogen-bond acceptors (Lipinski definition) is 6. The third-order valence-electron chi connectivity index (χ3n) is 4.79. The van der Waals surface area contributed by atoms with Gasteiger partial charge in [-0.05, 0) is 65.2 Å². The van der Waals surface area contributed by atoms with Crippen molar-refractivity contribution in [2.45, 2.75) is 25.4 Å². The molecule has 0 aliphatic carbocycles. The van der Waals surface area contributed by atoms with Crippen LogP contribution in [0.15, 0.2) is 46.0 Å². The number of carbonyl (C=O) groups is 2. The third-order valence-corrected chi connectivity index (χ3v) is 6.46. The van der Waals surface area contributed by atoms with Gasteiger partial charge in [0, 0.05) is 23.3 Å². The second-order valence-electron chi connectivity index (χ2n) is 7.17. The van der Waals surface area contributed by atoms with E-state index in [4.69, 9.17) is 4.74 Å². The van der Waals surface area contributed by atoms with Crippen LogP contribution in [0.2, 0.25) is 0 Å². The number of hydrogen-bond donors (Lipinski definition) is 2. The summed E-state index contributed by atoms with van der Waals surface area (Å²) < 4.78 is 7.71. The van der Waals surface area contributed by atoms with Crippen LogP contribution >= 0.6 is 27.7 Å². The molecular weight excluding hydrogens is 494 g/mol. The van der Waals surface area contributed by atoms with Crippen LogP contribution in [-0.2, 0) is 23.1 Å². The molecule has 0 unspecified atom stereocenters. The van der Waals surface area contributed by atoms with Gasteiger partial charge in [-0.15, -0.1) is 10.2 Å². The first kappa shape index (κ1) is 23.8. The molecule has 0 spiro atoms. The van der Waals surface area contributed by atoms with Crippen molar-refractivity contribution in [3.8, 4) is 5.75 Å². The normalized spacial score (nSPS) is 10.7. The molecule has 0 aliphatic heterocycles. The van der Waals surface area contributed by atoms with Crippen molar-refractivity contribution in [2.24, 2.45) is 7.05 Å². The van der Waals surface area contributed by atoms with Gasteiger partial charge in [-0.2, -0.15) is 0 Å². The van der Waals surface area contributed by atoms with E-state index in [1.165, 1.54) is 11.8 Å². The average Bonchev–Trinajstić information content (AvgIpc) is 3.09. The van der Waals surface area contributed by atoms with Crippen LogP contribution in [0.5, 0.6) is 5.75 Å². The maximum atomic E-state index is 12.4. The number of ether oxygens (including phenoxy) is 1. The average molecular weight is 518 g/mol. The summed E-state index contributed by atoms with van der Waals surface area (Å²) in [5.41, 5.74) is 3.61. The molecule has 8 nitrogen and oxygen atoms in total. The monoisotopic (exact) mass is 517 g/mol. The van der Waals surface area contributed by atoms with Gasteiger partial charge in [-0.25, -0.2) is 0 Å². The molecule has 2 aromatic carbocycles. The molecule has 32 heavy (non-hydrogen) atoms. The fraction of sp³-hybridized carbons (Fsp3) is 0.273. The highest BCUT2D eigenvalue weighted by atomic mass is 79.9. The third kappa shape index (κ3) is 6.10. The standard InChI is InChI=1S/C22H24BrN5O3S/c1-13-8-17(23)18(9-14(13)2)25-21(30)12-32-22-27-26-19(28(22)3)11-20(29)24-15-6-5-7-16(10-15)31-4/h5-10H,11-12H2,1-4H3,(H,24,29)(H,25,30). The summed E-state index contributed by atoms with van der Waals surface area (Å²) in [6.45, 7) is 4.02. The molecule has 2 amide bonds. The van der Waals surface area contributed by atoms with E-state index in [2.05, 4.69) is 36.8 Å². The van der Waals surface area contributed by atoms with Crippen LogP contribution in [0.3, 0.4) is 0 Å². The second-order valence-corrected chi connectivity index (χ2v) is 8.96. The van der Waals surface area contributed by atoms with Crippen LogP contribution in [0, 0.1) is 13.8 Å². The Hall–Kier alpha value is -2.85. The number of thioether (sulfide) groups is 1. The Bertz CT molecular complexity index is 1150. The summed E-state index contributed by atoms with van der Waals surface area (Å²) >= 11 is 4.74. The first-order chi connectivity index (χ1) is 15.3. The summed E-state index contributed by atoms with van der Waals surface area (Å²) in [6, 6.07) is 11.0. The van der Waals surface area contributed by atoms with E-state index >= 15 is 0 Å². The summed E-state index contributed by atoms with van der Waals surface area (Å²) in [6.07, 6.45) is 0.0586. The Balaban J connectivity index is 1.55. The van der Waals surface area contributed by atoms with Gasteiger partial charge in [-0.3, -0.25) is 9.59 Å². The van der Waals surface area contributed by atoms with E-state index < -0.39 is 0 Å². The lowest BCUT2D eigenvalue weighted by molar-refractivity contribution is -0.116. The van der Waals surface area contributed by atoms with Crippen molar-refractivity contribution >= 4 is 50.9 Å². The molecule has 0 saturated heterocycles. The quantitative estimate of drug-likeness (QED) is 0.436. The second kappa shape index (κ2) is 10.6. The number of benzene rings is 2. The van der Waals surface area contributed by atoms with Gasteiger partial charge in [0.1, 0.15) is 11.6 Å². The lowest BCUT2D eigenvalue weighted by Crippen LogP contribution is -2.17. The van der Waals surface area contributed by atoms with Crippen molar-refractivity contribution in [1.29, 1.82) is 0 Å².